The summed E-state index contributed by atoms with van der Waals surface area (Å²) < 4.78 is 6.31. The van der Waals surface area contributed by atoms with Gasteiger partial charge in [-0.2, -0.15) is 0 Å². The highest BCUT2D eigenvalue weighted by Gasteiger charge is 2.52. The van der Waals surface area contributed by atoms with E-state index in [0.29, 0.717) is 0 Å². The number of aromatic nitrogens is 2. The SMILES string of the molecule is CCOC(C)(C)[C@]1(CCc2nccs2)CCN(C(C)(C)c2ccc(C)nc2)C1. The average molecular weight is 402 g/mol. The standard InChI is InChI=1S/C23H35N3OS/c1-7-27-22(5,6)23(11-10-20-24-13-15-28-20)12-14-26(17-23)21(3,4)19-9-8-18(2)25-16-19/h8-9,13,15-16H,7,10-12,14,17H2,1-6H3/t23-/m1/s1. The molecule has 2 aromatic rings. The van der Waals surface area contributed by atoms with Gasteiger partial charge in [-0.1, -0.05) is 6.07 Å². The lowest BCUT2D eigenvalue weighted by molar-refractivity contribution is -0.109. The summed E-state index contributed by atoms with van der Waals surface area (Å²) in [7, 11) is 0. The van der Waals surface area contributed by atoms with Gasteiger partial charge in [-0.25, -0.2) is 4.98 Å². The maximum atomic E-state index is 6.31. The molecule has 1 saturated heterocycles. The lowest BCUT2D eigenvalue weighted by atomic mass is 9.69. The largest absolute Gasteiger partial charge is 0.375 e. The Bertz CT molecular complexity index is 755. The molecular weight excluding hydrogens is 366 g/mol. The number of rotatable bonds is 8. The van der Waals surface area contributed by atoms with Gasteiger partial charge in [0.05, 0.1) is 10.6 Å². The normalized spacial score (nSPS) is 21.4. The van der Waals surface area contributed by atoms with Crippen LogP contribution in [0, 0.1) is 12.3 Å². The molecule has 0 spiro atoms. The maximum absolute atomic E-state index is 6.31. The van der Waals surface area contributed by atoms with Gasteiger partial charge in [-0.05, 0) is 79.0 Å². The first-order chi connectivity index (χ1) is 13.2. The zero-order chi connectivity index (χ0) is 20.4. The molecule has 3 heterocycles. The van der Waals surface area contributed by atoms with E-state index in [1.165, 1.54) is 10.6 Å². The molecule has 3 rings (SSSR count). The van der Waals surface area contributed by atoms with Crippen LogP contribution in [0.4, 0.5) is 0 Å². The Morgan fingerprint density at radius 1 is 1.21 bits per heavy atom. The fourth-order valence-corrected chi connectivity index (χ4v) is 5.22. The van der Waals surface area contributed by atoms with Gasteiger partial charge in [0.1, 0.15) is 0 Å². The fourth-order valence-electron chi connectivity index (χ4n) is 4.59. The summed E-state index contributed by atoms with van der Waals surface area (Å²) in [5.41, 5.74) is 2.24. The maximum Gasteiger partial charge on any atom is 0.0925 e. The Hall–Kier alpha value is -1.30. The molecule has 1 atom stereocenters. The Morgan fingerprint density at radius 3 is 2.61 bits per heavy atom. The summed E-state index contributed by atoms with van der Waals surface area (Å²) >= 11 is 1.76. The molecule has 0 N–H and O–H groups in total. The third kappa shape index (κ3) is 4.17. The van der Waals surface area contributed by atoms with E-state index in [4.69, 9.17) is 4.74 Å². The highest BCUT2D eigenvalue weighted by atomic mass is 32.1. The third-order valence-electron chi connectivity index (χ3n) is 6.85. The van der Waals surface area contributed by atoms with Gasteiger partial charge in [0.15, 0.2) is 0 Å². The lowest BCUT2D eigenvalue weighted by Gasteiger charge is -2.46. The van der Waals surface area contributed by atoms with Crippen molar-refractivity contribution in [2.75, 3.05) is 19.7 Å². The Balaban J connectivity index is 1.84. The zero-order valence-electron chi connectivity index (χ0n) is 18.3. The summed E-state index contributed by atoms with van der Waals surface area (Å²) in [5, 5.41) is 3.30. The molecule has 28 heavy (non-hydrogen) atoms. The summed E-state index contributed by atoms with van der Waals surface area (Å²) in [6, 6.07) is 4.35. The van der Waals surface area contributed by atoms with Crippen LogP contribution >= 0.6 is 11.3 Å². The van der Waals surface area contributed by atoms with E-state index >= 15 is 0 Å². The van der Waals surface area contributed by atoms with Crippen LogP contribution in [0.15, 0.2) is 29.9 Å². The summed E-state index contributed by atoms with van der Waals surface area (Å²) in [6.45, 7) is 16.2. The lowest BCUT2D eigenvalue weighted by Crippen LogP contribution is -2.50. The van der Waals surface area contributed by atoms with Crippen LogP contribution in [0.1, 0.15) is 63.7 Å². The fraction of sp³-hybridized carbons (Fsp3) is 0.652. The first-order valence-electron chi connectivity index (χ1n) is 10.4. The van der Waals surface area contributed by atoms with Crippen LogP contribution < -0.4 is 0 Å². The molecule has 4 nitrogen and oxygen atoms in total. The van der Waals surface area contributed by atoms with E-state index in [2.05, 4.69) is 67.0 Å². The van der Waals surface area contributed by atoms with E-state index in [0.717, 1.165) is 44.7 Å². The molecule has 0 aliphatic carbocycles. The second-order valence-electron chi connectivity index (χ2n) is 9.07. The molecule has 0 unspecified atom stereocenters. The minimum Gasteiger partial charge on any atom is -0.375 e. The van der Waals surface area contributed by atoms with Gasteiger partial charge in [-0.15, -0.1) is 11.3 Å². The number of hydrogen-bond donors (Lipinski definition) is 0. The molecule has 0 saturated carbocycles. The number of ether oxygens (including phenoxy) is 1. The number of hydrogen-bond acceptors (Lipinski definition) is 5. The molecule has 1 aliphatic rings. The summed E-state index contributed by atoms with van der Waals surface area (Å²) in [6.07, 6.45) is 7.22. The van der Waals surface area contributed by atoms with E-state index in [9.17, 15) is 0 Å². The van der Waals surface area contributed by atoms with Crippen molar-refractivity contribution in [3.63, 3.8) is 0 Å². The number of thiazole rings is 1. The van der Waals surface area contributed by atoms with Gasteiger partial charge >= 0.3 is 0 Å². The van der Waals surface area contributed by atoms with Crippen LogP contribution in [0.2, 0.25) is 0 Å². The van der Waals surface area contributed by atoms with E-state index in [-0.39, 0.29) is 16.6 Å². The smallest absolute Gasteiger partial charge is 0.0925 e. The molecular formula is C23H35N3OS. The molecule has 0 radical (unpaired) electrons. The molecule has 5 heteroatoms. The second-order valence-corrected chi connectivity index (χ2v) is 10.0. The second kappa shape index (κ2) is 8.21. The van der Waals surface area contributed by atoms with E-state index in [1.807, 2.05) is 19.3 Å². The molecule has 1 fully saturated rings. The average Bonchev–Trinajstić information content (AvgIpc) is 3.31. The predicted molar refractivity (Wildman–Crippen MR) is 117 cm³/mol. The van der Waals surface area contributed by atoms with E-state index in [1.54, 1.807) is 11.3 Å². The Labute approximate surface area is 174 Å². The van der Waals surface area contributed by atoms with Gasteiger partial charge in [0, 0.05) is 47.6 Å². The zero-order valence-corrected chi connectivity index (χ0v) is 19.1. The molecule has 0 amide bonds. The van der Waals surface area contributed by atoms with Crippen molar-refractivity contribution in [2.45, 2.75) is 71.9 Å². The van der Waals surface area contributed by atoms with Crippen LogP contribution in [0.3, 0.4) is 0 Å². The molecule has 154 valence electrons. The van der Waals surface area contributed by atoms with Gasteiger partial charge in [0.2, 0.25) is 0 Å². The molecule has 1 aliphatic heterocycles. The Kier molecular flexibility index (Phi) is 6.28. The molecule has 0 bridgehead atoms. The minimum atomic E-state index is -0.171. The van der Waals surface area contributed by atoms with Crippen molar-refractivity contribution in [1.82, 2.24) is 14.9 Å². The number of aryl methyl sites for hydroxylation is 2. The van der Waals surface area contributed by atoms with Crippen LogP contribution in [0.5, 0.6) is 0 Å². The van der Waals surface area contributed by atoms with Crippen molar-refractivity contribution in [1.29, 1.82) is 0 Å². The summed E-state index contributed by atoms with van der Waals surface area (Å²) in [4.78, 5) is 11.7. The van der Waals surface area contributed by atoms with Crippen molar-refractivity contribution in [3.05, 3.63) is 46.2 Å². The highest BCUT2D eigenvalue weighted by Crippen LogP contribution is 2.49. The highest BCUT2D eigenvalue weighted by molar-refractivity contribution is 7.09. The molecule has 0 aromatic carbocycles. The Morgan fingerprint density at radius 2 is 2.00 bits per heavy atom. The summed E-state index contributed by atoms with van der Waals surface area (Å²) in [5.74, 6) is 0. The van der Waals surface area contributed by atoms with Crippen molar-refractivity contribution >= 4 is 11.3 Å². The van der Waals surface area contributed by atoms with Crippen molar-refractivity contribution < 1.29 is 4.74 Å². The topological polar surface area (TPSA) is 38.2 Å². The van der Waals surface area contributed by atoms with Crippen LogP contribution in [-0.2, 0) is 16.7 Å². The van der Waals surface area contributed by atoms with Gasteiger partial charge in [-0.3, -0.25) is 9.88 Å². The number of likely N-dealkylation sites (tertiary alicyclic amines) is 1. The predicted octanol–water partition coefficient (Wildman–Crippen LogP) is 5.22. The first-order valence-corrected chi connectivity index (χ1v) is 11.3. The number of pyridine rings is 1. The monoisotopic (exact) mass is 401 g/mol. The quantitative estimate of drug-likeness (QED) is 0.608. The number of nitrogens with zero attached hydrogens (tertiary/aromatic N) is 3. The first kappa shape index (κ1) is 21.4. The third-order valence-corrected chi connectivity index (χ3v) is 7.68. The van der Waals surface area contributed by atoms with Gasteiger partial charge in [0.25, 0.3) is 0 Å². The van der Waals surface area contributed by atoms with Crippen molar-refractivity contribution in [3.8, 4) is 0 Å². The molecule has 2 aromatic heterocycles. The van der Waals surface area contributed by atoms with E-state index < -0.39 is 0 Å². The van der Waals surface area contributed by atoms with Gasteiger partial charge < -0.3 is 4.74 Å². The van der Waals surface area contributed by atoms with Crippen molar-refractivity contribution in [2.24, 2.45) is 5.41 Å². The minimum absolute atomic E-state index is 0.0497. The van der Waals surface area contributed by atoms with Crippen LogP contribution in [0.25, 0.3) is 0 Å². The van der Waals surface area contributed by atoms with Crippen LogP contribution in [-0.4, -0.2) is 40.2 Å².